The summed E-state index contributed by atoms with van der Waals surface area (Å²) in [6, 6.07) is -0.151. The molecule has 0 aromatic rings. The number of ketones is 1. The number of unbranched alkanes of at least 4 members (excludes halogenated alkanes) is 1. The van der Waals surface area contributed by atoms with Crippen molar-refractivity contribution in [1.82, 2.24) is 10.6 Å². The summed E-state index contributed by atoms with van der Waals surface area (Å²) in [5.41, 5.74) is 11.2. The molecule has 25 heavy (non-hydrogen) atoms. The van der Waals surface area contributed by atoms with Crippen LogP contribution in [-0.2, 0) is 14.3 Å². The van der Waals surface area contributed by atoms with Gasteiger partial charge in [-0.3, -0.25) is 4.79 Å². The molecule has 2 saturated heterocycles. The van der Waals surface area contributed by atoms with Gasteiger partial charge >= 0.3 is 6.03 Å². The van der Waals surface area contributed by atoms with Gasteiger partial charge in [0.05, 0.1) is 44.6 Å². The second-order valence-electron chi connectivity index (χ2n) is 6.42. The van der Waals surface area contributed by atoms with E-state index in [-0.39, 0.29) is 30.5 Å². The summed E-state index contributed by atoms with van der Waals surface area (Å²) in [6.07, 6.45) is 3.26. The number of fused-ring (bicyclic) bond motifs is 1. The van der Waals surface area contributed by atoms with Gasteiger partial charge in [0.1, 0.15) is 0 Å². The van der Waals surface area contributed by atoms with E-state index < -0.39 is 6.04 Å². The van der Waals surface area contributed by atoms with E-state index in [0.717, 1.165) is 25.0 Å². The van der Waals surface area contributed by atoms with Crippen molar-refractivity contribution in [3.8, 4) is 0 Å². The maximum absolute atomic E-state index is 12.0. The van der Waals surface area contributed by atoms with Crippen LogP contribution in [0.1, 0.15) is 25.7 Å². The molecule has 2 rings (SSSR count). The zero-order valence-corrected chi connectivity index (χ0v) is 15.4. The number of nitrogens with one attached hydrogen (secondary N) is 2. The number of Topliss-reactive ketones (excluding diaryl/α,β-unsaturated/α-hetero) is 1. The number of thioether (sulfide) groups is 1. The Morgan fingerprint density at radius 1 is 1.24 bits per heavy atom. The maximum Gasteiger partial charge on any atom is 0.315 e. The summed E-state index contributed by atoms with van der Waals surface area (Å²) in [5.74, 6) is 1.00. The Morgan fingerprint density at radius 2 is 2.04 bits per heavy atom. The van der Waals surface area contributed by atoms with E-state index in [4.69, 9.17) is 20.9 Å². The summed E-state index contributed by atoms with van der Waals surface area (Å²) < 4.78 is 10.5. The molecule has 2 aliphatic rings. The van der Waals surface area contributed by atoms with Gasteiger partial charge in [0, 0.05) is 24.0 Å². The number of urea groups is 1. The van der Waals surface area contributed by atoms with Crippen molar-refractivity contribution in [2.24, 2.45) is 11.5 Å². The molecule has 0 saturated carbocycles. The number of rotatable bonds is 13. The predicted octanol–water partition coefficient (Wildman–Crippen LogP) is -0.399. The maximum atomic E-state index is 12.0. The van der Waals surface area contributed by atoms with Crippen molar-refractivity contribution >= 4 is 23.6 Å². The third-order valence-corrected chi connectivity index (χ3v) is 5.95. The smallest absolute Gasteiger partial charge is 0.315 e. The molecule has 0 bridgehead atoms. The van der Waals surface area contributed by atoms with Crippen LogP contribution in [0.15, 0.2) is 0 Å². The molecule has 0 aromatic heterocycles. The first-order valence-electron chi connectivity index (χ1n) is 8.94. The molecule has 4 atom stereocenters. The Labute approximate surface area is 153 Å². The summed E-state index contributed by atoms with van der Waals surface area (Å²) in [5, 5.41) is 6.35. The van der Waals surface area contributed by atoms with E-state index in [2.05, 4.69) is 10.6 Å². The average Bonchev–Trinajstić information content (AvgIpc) is 3.13. The number of carbonyl (C=O) groups is 2. The van der Waals surface area contributed by atoms with Crippen molar-refractivity contribution < 1.29 is 19.1 Å². The van der Waals surface area contributed by atoms with Gasteiger partial charge in [-0.05, 0) is 12.8 Å². The van der Waals surface area contributed by atoms with E-state index >= 15 is 0 Å². The lowest BCUT2D eigenvalue weighted by Crippen LogP contribution is -2.37. The standard InChI is InChI=1S/C16H30N4O4S/c17-5-6-23-7-8-24-9-11(18)13(21)3-1-2-4-14-15-12(10-25-14)19-16(22)20-15/h11-12,14-15H,1-10,17-18H2,(H2,19,20,22)/t11?,12-,14-,15-/m0/s1. The molecule has 0 radical (unpaired) electrons. The fraction of sp³-hybridized carbons (Fsp3) is 0.875. The van der Waals surface area contributed by atoms with Crippen molar-refractivity contribution in [3.63, 3.8) is 0 Å². The first kappa shape index (κ1) is 20.4. The van der Waals surface area contributed by atoms with Gasteiger partial charge in [0.25, 0.3) is 0 Å². The third-order valence-electron chi connectivity index (χ3n) is 4.45. The van der Waals surface area contributed by atoms with Crippen LogP contribution in [0.3, 0.4) is 0 Å². The third kappa shape index (κ3) is 6.74. The quantitative estimate of drug-likeness (QED) is 0.255. The molecule has 0 spiro atoms. The molecule has 2 amide bonds. The lowest BCUT2D eigenvalue weighted by Gasteiger charge is -2.16. The fourth-order valence-corrected chi connectivity index (χ4v) is 4.62. The topological polar surface area (TPSA) is 129 Å². The van der Waals surface area contributed by atoms with Crippen LogP contribution in [0.5, 0.6) is 0 Å². The number of ether oxygens (including phenoxy) is 2. The zero-order valence-electron chi connectivity index (χ0n) is 14.6. The molecule has 9 heteroatoms. The van der Waals surface area contributed by atoms with E-state index in [9.17, 15) is 9.59 Å². The lowest BCUT2D eigenvalue weighted by molar-refractivity contribution is -0.121. The van der Waals surface area contributed by atoms with Gasteiger partial charge in [0.15, 0.2) is 5.78 Å². The van der Waals surface area contributed by atoms with Crippen LogP contribution < -0.4 is 22.1 Å². The van der Waals surface area contributed by atoms with Crippen LogP contribution in [-0.4, -0.2) is 73.9 Å². The second-order valence-corrected chi connectivity index (χ2v) is 7.69. The Kier molecular flexibility index (Phi) is 8.97. The number of amides is 2. The zero-order chi connectivity index (χ0) is 18.1. The average molecular weight is 375 g/mol. The van der Waals surface area contributed by atoms with Crippen LogP contribution in [0, 0.1) is 0 Å². The number of hydrogen-bond acceptors (Lipinski definition) is 7. The van der Waals surface area contributed by atoms with Crippen LogP contribution >= 0.6 is 11.8 Å². The van der Waals surface area contributed by atoms with Crippen molar-refractivity contribution in [2.45, 2.75) is 49.1 Å². The van der Waals surface area contributed by atoms with Gasteiger partial charge < -0.3 is 31.6 Å². The Hall–Kier alpha value is -0.870. The van der Waals surface area contributed by atoms with E-state index in [1.165, 1.54) is 0 Å². The van der Waals surface area contributed by atoms with Crippen molar-refractivity contribution in [1.29, 1.82) is 0 Å². The Balaban J connectivity index is 1.49. The van der Waals surface area contributed by atoms with Gasteiger partial charge in [-0.25, -0.2) is 4.79 Å². The van der Waals surface area contributed by atoms with E-state index in [1.807, 2.05) is 11.8 Å². The monoisotopic (exact) mass is 374 g/mol. The second kappa shape index (κ2) is 11.0. The van der Waals surface area contributed by atoms with Crippen LogP contribution in [0.4, 0.5) is 4.79 Å². The molecule has 0 aliphatic carbocycles. The van der Waals surface area contributed by atoms with Gasteiger partial charge in [0.2, 0.25) is 0 Å². The fourth-order valence-electron chi connectivity index (χ4n) is 3.08. The lowest BCUT2D eigenvalue weighted by atomic mass is 10.0. The highest BCUT2D eigenvalue weighted by atomic mass is 32.2. The summed E-state index contributed by atoms with van der Waals surface area (Å²) >= 11 is 1.89. The highest BCUT2D eigenvalue weighted by molar-refractivity contribution is 8.00. The molecule has 8 nitrogen and oxygen atoms in total. The molecular formula is C16H30N4O4S. The SMILES string of the molecule is NCCOCCOCC(N)C(=O)CCCC[C@@H]1SC[C@@H]2NC(=O)N[C@@H]21. The Morgan fingerprint density at radius 3 is 2.84 bits per heavy atom. The highest BCUT2D eigenvalue weighted by Gasteiger charge is 2.42. The minimum absolute atomic E-state index is 0.0377. The number of hydrogen-bond donors (Lipinski definition) is 4. The number of carbonyl (C=O) groups excluding carboxylic acids is 2. The summed E-state index contributed by atoms with van der Waals surface area (Å²) in [4.78, 5) is 23.3. The largest absolute Gasteiger partial charge is 0.378 e. The highest BCUT2D eigenvalue weighted by Crippen LogP contribution is 2.33. The molecule has 6 N–H and O–H groups in total. The van der Waals surface area contributed by atoms with Gasteiger partial charge in [-0.2, -0.15) is 11.8 Å². The first-order valence-corrected chi connectivity index (χ1v) is 9.99. The van der Waals surface area contributed by atoms with E-state index in [0.29, 0.717) is 38.0 Å². The summed E-state index contributed by atoms with van der Waals surface area (Å²) in [7, 11) is 0. The molecule has 144 valence electrons. The first-order chi connectivity index (χ1) is 12.1. The van der Waals surface area contributed by atoms with E-state index in [1.54, 1.807) is 0 Å². The normalized spacial score (nSPS) is 26.2. The minimum Gasteiger partial charge on any atom is -0.378 e. The number of nitrogens with two attached hydrogens (primary N) is 2. The van der Waals surface area contributed by atoms with Gasteiger partial charge in [-0.1, -0.05) is 6.42 Å². The molecule has 1 unspecified atom stereocenters. The molecule has 2 fully saturated rings. The molecule has 2 aliphatic heterocycles. The van der Waals surface area contributed by atoms with Crippen molar-refractivity contribution in [3.05, 3.63) is 0 Å². The van der Waals surface area contributed by atoms with Crippen LogP contribution in [0.25, 0.3) is 0 Å². The molecule has 2 heterocycles. The van der Waals surface area contributed by atoms with Gasteiger partial charge in [-0.15, -0.1) is 0 Å². The molecular weight excluding hydrogens is 344 g/mol. The minimum atomic E-state index is -0.571. The summed E-state index contributed by atoms with van der Waals surface area (Å²) in [6.45, 7) is 2.11. The van der Waals surface area contributed by atoms with Crippen LogP contribution in [0.2, 0.25) is 0 Å². The molecule has 0 aromatic carbocycles. The Bertz CT molecular complexity index is 440. The predicted molar refractivity (Wildman–Crippen MR) is 97.6 cm³/mol. The van der Waals surface area contributed by atoms with Crippen molar-refractivity contribution in [2.75, 3.05) is 38.7 Å².